The Morgan fingerprint density at radius 2 is 1.92 bits per heavy atom. The molecule has 1 heterocycles. The van der Waals surface area contributed by atoms with Gasteiger partial charge in [0.15, 0.2) is 0 Å². The average Bonchev–Trinajstić information content (AvgIpc) is 2.99. The number of aromatic amines is 1. The van der Waals surface area contributed by atoms with Crippen LogP contribution in [0.4, 0.5) is 8.78 Å². The maximum Gasteiger partial charge on any atom is 0.387 e. The van der Waals surface area contributed by atoms with Crippen LogP contribution in [0.15, 0.2) is 48.5 Å². The predicted molar refractivity (Wildman–Crippen MR) is 92.4 cm³/mol. The molecule has 0 aliphatic heterocycles. The molecule has 0 atom stereocenters. The van der Waals surface area contributed by atoms with E-state index < -0.39 is 6.61 Å². The number of nitrogens with one attached hydrogen (secondary N) is 2. The van der Waals surface area contributed by atoms with Gasteiger partial charge in [-0.3, -0.25) is 4.79 Å². The lowest BCUT2D eigenvalue weighted by atomic mass is 10.1. The Morgan fingerprint density at radius 3 is 2.64 bits per heavy atom. The molecule has 0 fully saturated rings. The zero-order chi connectivity index (χ0) is 17.8. The maximum atomic E-state index is 12.2. The van der Waals surface area contributed by atoms with Gasteiger partial charge in [-0.1, -0.05) is 23.7 Å². The summed E-state index contributed by atoms with van der Waals surface area (Å²) in [6, 6.07) is 13.4. The van der Waals surface area contributed by atoms with Gasteiger partial charge in [0.2, 0.25) is 0 Å². The second-order valence-corrected chi connectivity index (χ2v) is 5.88. The van der Waals surface area contributed by atoms with Crippen LogP contribution >= 0.6 is 11.6 Å². The van der Waals surface area contributed by atoms with Crippen molar-refractivity contribution in [1.82, 2.24) is 10.3 Å². The molecule has 3 rings (SSSR count). The molecule has 1 aromatic heterocycles. The normalized spacial score (nSPS) is 11.0. The molecule has 0 aliphatic rings. The standard InChI is InChI=1S/C18H15ClF2N2O2/c19-13-3-6-15-12(9-13)10-16(23-15)17(24)22-8-7-11-1-4-14(5-2-11)25-18(20)21/h1-6,9-10,18,23H,7-8H2,(H,22,24). The lowest BCUT2D eigenvalue weighted by molar-refractivity contribution is -0.0498. The third-order valence-corrected chi connectivity index (χ3v) is 3.91. The van der Waals surface area contributed by atoms with Crippen LogP contribution in [-0.2, 0) is 6.42 Å². The number of aromatic nitrogens is 1. The molecule has 7 heteroatoms. The molecule has 0 spiro atoms. The summed E-state index contributed by atoms with van der Waals surface area (Å²) in [5, 5.41) is 4.29. The second kappa shape index (κ2) is 7.53. The third-order valence-electron chi connectivity index (χ3n) is 3.68. The Hall–Kier alpha value is -2.60. The summed E-state index contributed by atoms with van der Waals surface area (Å²) in [4.78, 5) is 15.2. The van der Waals surface area contributed by atoms with E-state index in [0.29, 0.717) is 23.7 Å². The monoisotopic (exact) mass is 364 g/mol. The number of alkyl halides is 2. The molecule has 3 aromatic rings. The largest absolute Gasteiger partial charge is 0.435 e. The zero-order valence-electron chi connectivity index (χ0n) is 13.1. The number of hydrogen-bond donors (Lipinski definition) is 2. The van der Waals surface area contributed by atoms with Gasteiger partial charge in [0.1, 0.15) is 11.4 Å². The van der Waals surface area contributed by atoms with Crippen molar-refractivity contribution in [1.29, 1.82) is 0 Å². The van der Waals surface area contributed by atoms with Crippen LogP contribution in [0, 0.1) is 0 Å². The summed E-state index contributed by atoms with van der Waals surface area (Å²) in [5.41, 5.74) is 2.20. The van der Waals surface area contributed by atoms with Crippen LogP contribution in [0.5, 0.6) is 5.75 Å². The first-order chi connectivity index (χ1) is 12.0. The molecule has 1 amide bonds. The quantitative estimate of drug-likeness (QED) is 0.681. The van der Waals surface area contributed by atoms with Crippen LogP contribution < -0.4 is 10.1 Å². The third kappa shape index (κ3) is 4.48. The Labute approximate surface area is 147 Å². The summed E-state index contributed by atoms with van der Waals surface area (Å²) >= 11 is 5.93. The Bertz CT molecular complexity index is 878. The minimum atomic E-state index is -2.84. The fraction of sp³-hybridized carbons (Fsp3) is 0.167. The van der Waals surface area contributed by atoms with E-state index in [0.717, 1.165) is 16.5 Å². The SMILES string of the molecule is O=C(NCCc1ccc(OC(F)F)cc1)c1cc2cc(Cl)ccc2[nH]1. The number of halogens is 3. The minimum absolute atomic E-state index is 0.111. The van der Waals surface area contributed by atoms with E-state index in [4.69, 9.17) is 11.6 Å². The number of benzene rings is 2. The molecule has 25 heavy (non-hydrogen) atoms. The highest BCUT2D eigenvalue weighted by Crippen LogP contribution is 2.20. The van der Waals surface area contributed by atoms with Crippen molar-refractivity contribution in [2.45, 2.75) is 13.0 Å². The van der Waals surface area contributed by atoms with Crippen molar-refractivity contribution in [2.75, 3.05) is 6.54 Å². The summed E-state index contributed by atoms with van der Waals surface area (Å²) < 4.78 is 28.5. The van der Waals surface area contributed by atoms with Crippen molar-refractivity contribution >= 4 is 28.4 Å². The molecule has 2 N–H and O–H groups in total. The van der Waals surface area contributed by atoms with Crippen molar-refractivity contribution in [3.63, 3.8) is 0 Å². The van der Waals surface area contributed by atoms with Gasteiger partial charge in [-0.25, -0.2) is 0 Å². The lowest BCUT2D eigenvalue weighted by Crippen LogP contribution is -2.25. The topological polar surface area (TPSA) is 54.1 Å². The fourth-order valence-electron chi connectivity index (χ4n) is 2.48. The van der Waals surface area contributed by atoms with Crippen molar-refractivity contribution in [2.24, 2.45) is 0 Å². The molecule has 0 aliphatic carbocycles. The Kier molecular flexibility index (Phi) is 5.19. The van der Waals surface area contributed by atoms with E-state index in [1.807, 2.05) is 6.07 Å². The van der Waals surface area contributed by atoms with E-state index in [1.54, 1.807) is 30.3 Å². The smallest absolute Gasteiger partial charge is 0.387 e. The fourth-order valence-corrected chi connectivity index (χ4v) is 2.66. The van der Waals surface area contributed by atoms with Gasteiger partial charge in [-0.15, -0.1) is 0 Å². The van der Waals surface area contributed by atoms with Crippen LogP contribution in [0.3, 0.4) is 0 Å². The van der Waals surface area contributed by atoms with Crippen molar-refractivity contribution < 1.29 is 18.3 Å². The van der Waals surface area contributed by atoms with Crippen molar-refractivity contribution in [3.8, 4) is 5.75 Å². The summed E-state index contributed by atoms with van der Waals surface area (Å²) in [6.45, 7) is -2.42. The second-order valence-electron chi connectivity index (χ2n) is 5.44. The van der Waals surface area contributed by atoms with E-state index in [1.165, 1.54) is 12.1 Å². The number of fused-ring (bicyclic) bond motifs is 1. The van der Waals surface area contributed by atoms with Gasteiger partial charge in [0, 0.05) is 22.5 Å². The molecule has 0 unspecified atom stereocenters. The summed E-state index contributed by atoms with van der Waals surface area (Å²) in [7, 11) is 0. The van der Waals surface area contributed by atoms with Crippen LogP contribution in [0.25, 0.3) is 10.9 Å². The number of rotatable bonds is 6. The average molecular weight is 365 g/mol. The molecule has 0 bridgehead atoms. The molecule has 130 valence electrons. The number of carbonyl (C=O) groups is 1. The highest BCUT2D eigenvalue weighted by Gasteiger charge is 2.09. The first kappa shape index (κ1) is 17.2. The van der Waals surface area contributed by atoms with Gasteiger partial charge >= 0.3 is 6.61 Å². The Balaban J connectivity index is 1.54. The molecule has 0 radical (unpaired) electrons. The van der Waals surface area contributed by atoms with Crippen molar-refractivity contribution in [3.05, 3.63) is 64.8 Å². The van der Waals surface area contributed by atoms with Crippen LogP contribution in [0.1, 0.15) is 16.1 Å². The molecule has 0 saturated heterocycles. The first-order valence-corrected chi connectivity index (χ1v) is 7.99. The minimum Gasteiger partial charge on any atom is -0.435 e. The lowest BCUT2D eigenvalue weighted by Gasteiger charge is -2.06. The summed E-state index contributed by atoms with van der Waals surface area (Å²) in [6.07, 6.45) is 0.576. The van der Waals surface area contributed by atoms with Gasteiger partial charge in [0.25, 0.3) is 5.91 Å². The molecule has 4 nitrogen and oxygen atoms in total. The first-order valence-electron chi connectivity index (χ1n) is 7.61. The van der Waals surface area contributed by atoms with E-state index in [-0.39, 0.29) is 11.7 Å². The van der Waals surface area contributed by atoms with E-state index in [9.17, 15) is 13.6 Å². The van der Waals surface area contributed by atoms with Gasteiger partial charge in [0.05, 0.1) is 0 Å². The number of amides is 1. The maximum absolute atomic E-state index is 12.2. The predicted octanol–water partition coefficient (Wildman–Crippen LogP) is 4.40. The molecular formula is C18H15ClF2N2O2. The van der Waals surface area contributed by atoms with E-state index >= 15 is 0 Å². The molecular weight excluding hydrogens is 350 g/mol. The van der Waals surface area contributed by atoms with E-state index in [2.05, 4.69) is 15.0 Å². The highest BCUT2D eigenvalue weighted by atomic mass is 35.5. The zero-order valence-corrected chi connectivity index (χ0v) is 13.8. The van der Waals surface area contributed by atoms with Crippen LogP contribution in [0.2, 0.25) is 5.02 Å². The Morgan fingerprint density at radius 1 is 1.16 bits per heavy atom. The van der Waals surface area contributed by atoms with Gasteiger partial charge in [-0.05, 0) is 48.4 Å². The molecule has 0 saturated carbocycles. The molecule has 2 aromatic carbocycles. The van der Waals surface area contributed by atoms with Gasteiger partial charge in [-0.2, -0.15) is 8.78 Å². The number of ether oxygens (including phenoxy) is 1. The number of carbonyl (C=O) groups excluding carboxylic acids is 1. The van der Waals surface area contributed by atoms with Gasteiger partial charge < -0.3 is 15.0 Å². The number of hydrogen-bond acceptors (Lipinski definition) is 2. The highest BCUT2D eigenvalue weighted by molar-refractivity contribution is 6.31. The van der Waals surface area contributed by atoms with Crippen LogP contribution in [-0.4, -0.2) is 24.0 Å². The summed E-state index contributed by atoms with van der Waals surface area (Å²) in [5.74, 6) is -0.107. The number of H-pyrrole nitrogens is 1.